The molecule has 1 saturated carbocycles. The number of amides is 1. The van der Waals surface area contributed by atoms with Crippen molar-refractivity contribution in [2.45, 2.75) is 25.7 Å². The van der Waals surface area contributed by atoms with Crippen molar-refractivity contribution in [1.29, 1.82) is 0 Å². The zero-order chi connectivity index (χ0) is 25.5. The highest BCUT2D eigenvalue weighted by molar-refractivity contribution is 6.31. The number of benzene rings is 2. The molecule has 0 atom stereocenters. The minimum Gasteiger partial charge on any atom is -0.490 e. The van der Waals surface area contributed by atoms with E-state index in [9.17, 15) is 14.0 Å². The lowest BCUT2D eigenvalue weighted by molar-refractivity contribution is -0.118. The molecule has 4 rings (SSSR count). The van der Waals surface area contributed by atoms with Crippen LogP contribution in [0.3, 0.4) is 0 Å². The van der Waals surface area contributed by atoms with Crippen molar-refractivity contribution >= 4 is 34.2 Å². The van der Waals surface area contributed by atoms with E-state index in [1.165, 1.54) is 0 Å². The van der Waals surface area contributed by atoms with Crippen LogP contribution in [0, 0.1) is 5.92 Å². The number of ether oxygens (including phenoxy) is 3. The van der Waals surface area contributed by atoms with Crippen molar-refractivity contribution < 1.29 is 28.2 Å². The highest BCUT2D eigenvalue weighted by atomic mass is 35.5. The fourth-order valence-corrected chi connectivity index (χ4v) is 4.05. The third-order valence-corrected chi connectivity index (χ3v) is 6.18. The summed E-state index contributed by atoms with van der Waals surface area (Å²) in [6.45, 7) is -0.227. The van der Waals surface area contributed by atoms with E-state index in [0.717, 1.165) is 18.4 Å². The number of pyridine rings is 1. The van der Waals surface area contributed by atoms with Gasteiger partial charge in [0.05, 0.1) is 17.7 Å². The summed E-state index contributed by atoms with van der Waals surface area (Å²) in [5.41, 5.74) is 1.54. The minimum absolute atomic E-state index is 0.112. The molecule has 9 heteroatoms. The average Bonchev–Trinajstić information content (AvgIpc) is 3.68. The predicted molar refractivity (Wildman–Crippen MR) is 135 cm³/mol. The number of carbonyl (C=O) groups is 2. The van der Waals surface area contributed by atoms with E-state index in [4.69, 9.17) is 25.8 Å². The molecule has 2 aromatic carbocycles. The maximum absolute atomic E-state index is 12.7. The van der Waals surface area contributed by atoms with Crippen LogP contribution < -0.4 is 14.8 Å². The van der Waals surface area contributed by atoms with Crippen molar-refractivity contribution in [1.82, 2.24) is 10.3 Å². The maximum Gasteiger partial charge on any atom is 0.255 e. The van der Waals surface area contributed by atoms with Crippen LogP contribution in [0.2, 0.25) is 5.02 Å². The van der Waals surface area contributed by atoms with Gasteiger partial charge in [0.2, 0.25) is 0 Å². The Balaban J connectivity index is 1.59. The molecule has 7 nitrogen and oxygen atoms in total. The number of hydrogen-bond donors (Lipinski definition) is 1. The molecule has 0 saturated heterocycles. The highest BCUT2D eigenvalue weighted by Gasteiger charge is 2.24. The molecule has 1 N–H and O–H groups in total. The first-order valence-corrected chi connectivity index (χ1v) is 12.2. The number of carbonyl (C=O) groups excluding carboxylic acids is 2. The Bertz CT molecular complexity index is 1250. The number of methoxy groups -OCH3 is 1. The van der Waals surface area contributed by atoms with E-state index in [2.05, 4.69) is 10.3 Å². The summed E-state index contributed by atoms with van der Waals surface area (Å²) in [6, 6.07) is 10.2. The van der Waals surface area contributed by atoms with E-state index in [-0.39, 0.29) is 24.5 Å². The van der Waals surface area contributed by atoms with Crippen molar-refractivity contribution in [3.05, 3.63) is 58.7 Å². The van der Waals surface area contributed by atoms with Gasteiger partial charge in [-0.3, -0.25) is 14.6 Å². The quantitative estimate of drug-likeness (QED) is 0.311. The molecule has 36 heavy (non-hydrogen) atoms. The van der Waals surface area contributed by atoms with Crippen LogP contribution in [0.5, 0.6) is 17.2 Å². The number of hydrogen-bond acceptors (Lipinski definition) is 6. The average molecular weight is 515 g/mol. The summed E-state index contributed by atoms with van der Waals surface area (Å²) < 4.78 is 29.5. The molecule has 0 bridgehead atoms. The van der Waals surface area contributed by atoms with Gasteiger partial charge in [0.25, 0.3) is 5.91 Å². The lowest BCUT2D eigenvalue weighted by Gasteiger charge is -2.15. The number of ketones is 1. The number of alkyl halides is 1. The Kier molecular flexibility index (Phi) is 8.72. The van der Waals surface area contributed by atoms with Gasteiger partial charge in [0.1, 0.15) is 36.3 Å². The topological polar surface area (TPSA) is 86.8 Å². The molecule has 1 aliphatic carbocycles. The number of aromatic nitrogens is 1. The van der Waals surface area contributed by atoms with E-state index < -0.39 is 12.6 Å². The molecule has 0 unspecified atom stereocenters. The summed E-state index contributed by atoms with van der Waals surface area (Å²) in [7, 11) is 1.55. The third-order valence-electron chi connectivity index (χ3n) is 5.83. The van der Waals surface area contributed by atoms with E-state index in [1.807, 2.05) is 0 Å². The monoisotopic (exact) mass is 514 g/mol. The first kappa shape index (κ1) is 25.9. The lowest BCUT2D eigenvalue weighted by atomic mass is 10.0. The van der Waals surface area contributed by atoms with Gasteiger partial charge in [-0.1, -0.05) is 17.7 Å². The summed E-state index contributed by atoms with van der Waals surface area (Å²) in [6.07, 6.45) is 4.76. The molecule has 1 amide bonds. The van der Waals surface area contributed by atoms with Gasteiger partial charge in [-0.2, -0.15) is 0 Å². The summed E-state index contributed by atoms with van der Waals surface area (Å²) in [5.74, 6) is 1.50. The van der Waals surface area contributed by atoms with Crippen LogP contribution in [-0.2, 0) is 16.0 Å². The van der Waals surface area contributed by atoms with Gasteiger partial charge in [-0.25, -0.2) is 4.39 Å². The molecular formula is C27H28ClFN2O5. The first-order chi connectivity index (χ1) is 17.5. The van der Waals surface area contributed by atoms with Crippen LogP contribution in [0.1, 0.15) is 35.2 Å². The molecular weight excluding hydrogens is 487 g/mol. The zero-order valence-electron chi connectivity index (χ0n) is 20.0. The fraction of sp³-hybridized carbons (Fsp3) is 0.370. The number of Topliss-reactive ketones (excluding diaryl/α,β-unsaturated/α-hetero) is 1. The Morgan fingerprint density at radius 3 is 2.69 bits per heavy atom. The second-order valence-electron chi connectivity index (χ2n) is 8.68. The molecule has 3 aromatic rings. The number of nitrogens with one attached hydrogen (secondary N) is 1. The Morgan fingerprint density at radius 2 is 1.97 bits per heavy atom. The zero-order valence-corrected chi connectivity index (χ0v) is 20.8. The molecule has 1 aliphatic rings. The van der Waals surface area contributed by atoms with Crippen LogP contribution in [-0.4, -0.2) is 50.2 Å². The van der Waals surface area contributed by atoms with E-state index >= 15 is 0 Å². The minimum atomic E-state index is -0.683. The molecule has 1 aromatic heterocycles. The Labute approximate surface area is 213 Å². The summed E-state index contributed by atoms with van der Waals surface area (Å²) >= 11 is 6.45. The Hall–Kier alpha value is -3.23. The largest absolute Gasteiger partial charge is 0.490 e. The SMILES string of the molecule is COCCOc1cc2nccc(Oc3ccc(CC(=O)CC4CC4)c(Cl)c3)c2cc1C(=O)NCCF. The highest BCUT2D eigenvalue weighted by Crippen LogP contribution is 2.36. The molecule has 0 spiro atoms. The molecule has 0 aliphatic heterocycles. The van der Waals surface area contributed by atoms with E-state index in [1.54, 1.807) is 49.7 Å². The molecule has 0 radical (unpaired) electrons. The molecule has 1 heterocycles. The molecule has 190 valence electrons. The van der Waals surface area contributed by atoms with Gasteiger partial charge in [0.15, 0.2) is 0 Å². The third kappa shape index (κ3) is 6.71. The van der Waals surface area contributed by atoms with Crippen LogP contribution in [0.25, 0.3) is 10.9 Å². The second-order valence-corrected chi connectivity index (χ2v) is 9.09. The standard InChI is InChI=1S/C27H28ClFN2O5/c1-34-10-11-35-26-16-24-21(15-22(26)27(33)31-9-7-29)25(6-8-30-24)36-20-5-4-18(23(28)14-20)13-19(32)12-17-2-3-17/h4-6,8,14-17H,2-3,7,9-13H2,1H3,(H,31,33). The van der Waals surface area contributed by atoms with Crippen molar-refractivity contribution in [2.75, 3.05) is 33.5 Å². The van der Waals surface area contributed by atoms with Gasteiger partial charge >= 0.3 is 0 Å². The summed E-state index contributed by atoms with van der Waals surface area (Å²) in [5, 5.41) is 3.55. The number of nitrogens with zero attached hydrogens (tertiary/aromatic N) is 1. The lowest BCUT2D eigenvalue weighted by Crippen LogP contribution is -2.26. The van der Waals surface area contributed by atoms with Crippen LogP contribution >= 0.6 is 11.6 Å². The van der Waals surface area contributed by atoms with Gasteiger partial charge in [-0.15, -0.1) is 0 Å². The Morgan fingerprint density at radius 1 is 1.14 bits per heavy atom. The first-order valence-electron chi connectivity index (χ1n) is 11.8. The van der Waals surface area contributed by atoms with Crippen LogP contribution in [0.15, 0.2) is 42.6 Å². The van der Waals surface area contributed by atoms with Crippen molar-refractivity contribution in [3.8, 4) is 17.2 Å². The fourth-order valence-electron chi connectivity index (χ4n) is 3.82. The van der Waals surface area contributed by atoms with E-state index in [0.29, 0.717) is 58.5 Å². The smallest absolute Gasteiger partial charge is 0.255 e. The molecule has 1 fully saturated rings. The summed E-state index contributed by atoms with van der Waals surface area (Å²) in [4.78, 5) is 29.3. The van der Waals surface area contributed by atoms with Crippen molar-refractivity contribution in [3.63, 3.8) is 0 Å². The van der Waals surface area contributed by atoms with Gasteiger partial charge in [0, 0.05) is 49.2 Å². The predicted octanol–water partition coefficient (Wildman–Crippen LogP) is 5.32. The van der Waals surface area contributed by atoms with Gasteiger partial charge < -0.3 is 19.5 Å². The maximum atomic E-state index is 12.7. The number of halogens is 2. The van der Waals surface area contributed by atoms with Gasteiger partial charge in [-0.05, 0) is 48.6 Å². The number of fused-ring (bicyclic) bond motifs is 1. The van der Waals surface area contributed by atoms with Crippen molar-refractivity contribution in [2.24, 2.45) is 5.92 Å². The normalized spacial score (nSPS) is 13.0. The van der Waals surface area contributed by atoms with Crippen LogP contribution in [0.4, 0.5) is 4.39 Å². The second kappa shape index (κ2) is 12.1. The number of rotatable bonds is 13.